The molecule has 1 fully saturated rings. The largest absolute Gasteiger partial charge is 0.318 e. The SMILES string of the molecule is Cc1cc(-c2ccccc2S(=O)(=O)CCNCC2CC2)cn(C)c1=O. The van der Waals surface area contributed by atoms with Gasteiger partial charge in [0.15, 0.2) is 9.84 Å². The second-order valence-electron chi connectivity index (χ2n) is 6.79. The van der Waals surface area contributed by atoms with Crippen LogP contribution in [0.4, 0.5) is 0 Å². The highest BCUT2D eigenvalue weighted by molar-refractivity contribution is 7.91. The average Bonchev–Trinajstić information content (AvgIpc) is 3.40. The number of sulfone groups is 1. The third-order valence-electron chi connectivity index (χ3n) is 4.57. The summed E-state index contributed by atoms with van der Waals surface area (Å²) in [5.74, 6) is 0.796. The summed E-state index contributed by atoms with van der Waals surface area (Å²) in [4.78, 5) is 12.2. The van der Waals surface area contributed by atoms with Crippen molar-refractivity contribution in [2.24, 2.45) is 13.0 Å². The fourth-order valence-electron chi connectivity index (χ4n) is 2.95. The molecule has 3 rings (SSSR count). The van der Waals surface area contributed by atoms with E-state index >= 15 is 0 Å². The van der Waals surface area contributed by atoms with E-state index in [-0.39, 0.29) is 11.3 Å². The van der Waals surface area contributed by atoms with Gasteiger partial charge in [-0.05, 0) is 49.9 Å². The Morgan fingerprint density at radius 2 is 1.96 bits per heavy atom. The average molecular weight is 360 g/mol. The minimum absolute atomic E-state index is 0.0709. The molecule has 1 aromatic carbocycles. The Balaban J connectivity index is 1.88. The molecule has 0 unspecified atom stereocenters. The molecule has 1 aliphatic rings. The quantitative estimate of drug-likeness (QED) is 0.768. The van der Waals surface area contributed by atoms with Gasteiger partial charge in [0.2, 0.25) is 0 Å². The molecular formula is C19H24N2O3S. The van der Waals surface area contributed by atoms with Crippen LogP contribution in [0.25, 0.3) is 11.1 Å². The lowest BCUT2D eigenvalue weighted by Gasteiger charge is -2.13. The number of pyridine rings is 1. The highest BCUT2D eigenvalue weighted by atomic mass is 32.2. The first-order valence-corrected chi connectivity index (χ1v) is 10.2. The van der Waals surface area contributed by atoms with Crippen molar-refractivity contribution in [1.82, 2.24) is 9.88 Å². The Bertz CT molecular complexity index is 902. The summed E-state index contributed by atoms with van der Waals surface area (Å²) in [5.41, 5.74) is 1.90. The minimum atomic E-state index is -3.40. The smallest absolute Gasteiger partial charge is 0.253 e. The summed E-state index contributed by atoms with van der Waals surface area (Å²) >= 11 is 0. The highest BCUT2D eigenvalue weighted by Gasteiger charge is 2.22. The van der Waals surface area contributed by atoms with Crippen LogP contribution in [0.1, 0.15) is 18.4 Å². The molecule has 0 aliphatic heterocycles. The van der Waals surface area contributed by atoms with Crippen molar-refractivity contribution in [2.75, 3.05) is 18.8 Å². The molecule has 0 atom stereocenters. The van der Waals surface area contributed by atoms with Crippen LogP contribution >= 0.6 is 0 Å². The third-order valence-corrected chi connectivity index (χ3v) is 6.34. The van der Waals surface area contributed by atoms with E-state index in [4.69, 9.17) is 0 Å². The van der Waals surface area contributed by atoms with Gasteiger partial charge in [-0.3, -0.25) is 4.79 Å². The van der Waals surface area contributed by atoms with E-state index in [9.17, 15) is 13.2 Å². The van der Waals surface area contributed by atoms with Gasteiger partial charge >= 0.3 is 0 Å². The molecule has 0 saturated heterocycles. The summed E-state index contributed by atoms with van der Waals surface area (Å²) in [6.45, 7) is 3.10. The first-order valence-electron chi connectivity index (χ1n) is 8.58. The van der Waals surface area contributed by atoms with Crippen LogP contribution in [0, 0.1) is 12.8 Å². The molecule has 0 spiro atoms. The molecule has 1 N–H and O–H groups in total. The van der Waals surface area contributed by atoms with Crippen LogP contribution < -0.4 is 10.9 Å². The monoisotopic (exact) mass is 360 g/mol. The molecule has 1 aliphatic carbocycles. The van der Waals surface area contributed by atoms with E-state index in [1.165, 1.54) is 17.4 Å². The van der Waals surface area contributed by atoms with Gasteiger partial charge in [-0.25, -0.2) is 8.42 Å². The van der Waals surface area contributed by atoms with Crippen molar-refractivity contribution in [3.05, 3.63) is 52.4 Å². The van der Waals surface area contributed by atoms with Gasteiger partial charge in [-0.1, -0.05) is 18.2 Å². The highest BCUT2D eigenvalue weighted by Crippen LogP contribution is 2.28. The van der Waals surface area contributed by atoms with Crippen molar-refractivity contribution in [3.8, 4) is 11.1 Å². The fourth-order valence-corrected chi connectivity index (χ4v) is 4.39. The minimum Gasteiger partial charge on any atom is -0.318 e. The number of aromatic nitrogens is 1. The van der Waals surface area contributed by atoms with E-state index < -0.39 is 9.84 Å². The van der Waals surface area contributed by atoms with Gasteiger partial charge in [0, 0.05) is 30.9 Å². The normalized spacial score (nSPS) is 14.6. The van der Waals surface area contributed by atoms with Crippen LogP contribution in [0.15, 0.2) is 46.2 Å². The topological polar surface area (TPSA) is 68.2 Å². The molecule has 25 heavy (non-hydrogen) atoms. The zero-order valence-corrected chi connectivity index (χ0v) is 15.5. The summed E-state index contributed by atoms with van der Waals surface area (Å²) in [5, 5.41) is 3.23. The summed E-state index contributed by atoms with van der Waals surface area (Å²) in [6.07, 6.45) is 4.18. The maximum atomic E-state index is 12.8. The molecule has 1 saturated carbocycles. The Morgan fingerprint density at radius 3 is 2.64 bits per heavy atom. The van der Waals surface area contributed by atoms with E-state index in [1.807, 2.05) is 6.07 Å². The predicted octanol–water partition coefficient (Wildman–Crippen LogP) is 2.13. The molecule has 1 aromatic heterocycles. The molecule has 2 aromatic rings. The summed E-state index contributed by atoms with van der Waals surface area (Å²) in [7, 11) is -1.72. The van der Waals surface area contributed by atoms with Crippen molar-refractivity contribution in [3.63, 3.8) is 0 Å². The van der Waals surface area contributed by atoms with E-state index in [2.05, 4.69) is 5.32 Å². The van der Waals surface area contributed by atoms with Gasteiger partial charge in [0.25, 0.3) is 5.56 Å². The van der Waals surface area contributed by atoms with Gasteiger partial charge in [0.05, 0.1) is 10.6 Å². The fraction of sp³-hybridized carbons (Fsp3) is 0.421. The van der Waals surface area contributed by atoms with Gasteiger partial charge in [-0.2, -0.15) is 0 Å². The van der Waals surface area contributed by atoms with Crippen LogP contribution in [-0.2, 0) is 16.9 Å². The Hall–Kier alpha value is -1.92. The lowest BCUT2D eigenvalue weighted by Crippen LogP contribution is -2.25. The zero-order chi connectivity index (χ0) is 18.0. The predicted molar refractivity (Wildman–Crippen MR) is 99.5 cm³/mol. The number of aryl methyl sites for hydroxylation is 2. The van der Waals surface area contributed by atoms with Crippen LogP contribution in [-0.4, -0.2) is 31.8 Å². The van der Waals surface area contributed by atoms with Crippen LogP contribution in [0.2, 0.25) is 0 Å². The zero-order valence-electron chi connectivity index (χ0n) is 14.7. The van der Waals surface area contributed by atoms with Gasteiger partial charge in [-0.15, -0.1) is 0 Å². The standard InChI is InChI=1S/C19H24N2O3S/c1-14-11-16(13-21(2)19(14)22)17-5-3-4-6-18(17)25(23,24)10-9-20-12-15-7-8-15/h3-6,11,13,15,20H,7-10,12H2,1-2H3. The van der Waals surface area contributed by atoms with Crippen LogP contribution in [0.5, 0.6) is 0 Å². The number of hydrogen-bond donors (Lipinski definition) is 1. The second kappa shape index (κ2) is 7.14. The number of hydrogen-bond acceptors (Lipinski definition) is 4. The number of rotatable bonds is 7. The lowest BCUT2D eigenvalue weighted by atomic mass is 10.1. The molecular weight excluding hydrogens is 336 g/mol. The van der Waals surface area contributed by atoms with Crippen molar-refractivity contribution >= 4 is 9.84 Å². The van der Waals surface area contributed by atoms with Crippen molar-refractivity contribution in [2.45, 2.75) is 24.7 Å². The van der Waals surface area contributed by atoms with E-state index in [0.717, 1.165) is 18.0 Å². The Morgan fingerprint density at radius 1 is 1.24 bits per heavy atom. The lowest BCUT2D eigenvalue weighted by molar-refractivity contribution is 0.588. The van der Waals surface area contributed by atoms with E-state index in [0.29, 0.717) is 22.6 Å². The number of nitrogens with one attached hydrogen (secondary N) is 1. The molecule has 5 nitrogen and oxygen atoms in total. The van der Waals surface area contributed by atoms with Crippen LogP contribution in [0.3, 0.4) is 0 Å². The van der Waals surface area contributed by atoms with E-state index in [1.54, 1.807) is 44.4 Å². The third kappa shape index (κ3) is 4.19. The van der Waals surface area contributed by atoms with Gasteiger partial charge in [0.1, 0.15) is 0 Å². The number of benzene rings is 1. The Kier molecular flexibility index (Phi) is 5.11. The molecule has 6 heteroatoms. The van der Waals surface area contributed by atoms with Crippen molar-refractivity contribution < 1.29 is 8.42 Å². The van der Waals surface area contributed by atoms with Gasteiger partial charge < -0.3 is 9.88 Å². The molecule has 134 valence electrons. The first kappa shape index (κ1) is 17.9. The van der Waals surface area contributed by atoms with Crippen molar-refractivity contribution in [1.29, 1.82) is 0 Å². The molecule has 0 radical (unpaired) electrons. The molecule has 0 amide bonds. The number of nitrogens with zero attached hydrogens (tertiary/aromatic N) is 1. The second-order valence-corrected chi connectivity index (χ2v) is 8.87. The molecule has 1 heterocycles. The Labute approximate surface area is 148 Å². The maximum absolute atomic E-state index is 12.8. The molecule has 0 bridgehead atoms. The first-order chi connectivity index (χ1) is 11.9. The summed E-state index contributed by atoms with van der Waals surface area (Å²) in [6, 6.07) is 8.75. The summed E-state index contributed by atoms with van der Waals surface area (Å²) < 4.78 is 27.1. The maximum Gasteiger partial charge on any atom is 0.253 e.